The van der Waals surface area contributed by atoms with Crippen LogP contribution in [0.5, 0.6) is 0 Å². The molecule has 12 aromatic rings. The summed E-state index contributed by atoms with van der Waals surface area (Å²) >= 11 is 0. The first-order valence-corrected chi connectivity index (χ1v) is 25.5. The molecule has 0 amide bonds. The summed E-state index contributed by atoms with van der Waals surface area (Å²) in [6.07, 6.45) is 15.3. The molecule has 6 aromatic carbocycles. The van der Waals surface area contributed by atoms with Crippen LogP contribution < -0.4 is 0 Å². The Morgan fingerprint density at radius 2 is 0.658 bits per heavy atom. The molecular formula is C67H54N6. The van der Waals surface area contributed by atoms with E-state index in [-0.39, 0.29) is 10.8 Å². The zero-order chi connectivity index (χ0) is 49.7. The average Bonchev–Trinajstić information content (AvgIpc) is 4.10. The van der Waals surface area contributed by atoms with E-state index in [1.165, 1.54) is 89.0 Å². The highest BCUT2D eigenvalue weighted by molar-refractivity contribution is 6.09. The Hall–Kier alpha value is -8.48. The van der Waals surface area contributed by atoms with Crippen molar-refractivity contribution in [3.05, 3.63) is 228 Å². The highest BCUT2D eigenvalue weighted by atomic mass is 15.0. The predicted octanol–water partition coefficient (Wildman–Crippen LogP) is 16.4. The smallest absolute Gasteiger partial charge is 0.0726 e. The predicted molar refractivity (Wildman–Crippen MR) is 300 cm³/mol. The number of fused-ring (bicyclic) bond motifs is 16. The van der Waals surface area contributed by atoms with Gasteiger partial charge in [-0.2, -0.15) is 0 Å². The van der Waals surface area contributed by atoms with Crippen LogP contribution >= 0.6 is 0 Å². The Kier molecular flexibility index (Phi) is 9.06. The Labute approximate surface area is 425 Å². The van der Waals surface area contributed by atoms with Crippen LogP contribution in [0.1, 0.15) is 86.1 Å². The molecule has 0 radical (unpaired) electrons. The maximum atomic E-state index is 4.48. The van der Waals surface area contributed by atoms with Crippen LogP contribution in [-0.2, 0) is 16.2 Å². The fraction of sp³-hybridized carbons (Fsp3) is 0.164. The van der Waals surface area contributed by atoms with Crippen LogP contribution in [-0.4, -0.2) is 29.1 Å². The molecule has 0 unspecified atom stereocenters. The van der Waals surface area contributed by atoms with E-state index in [0.717, 1.165) is 55.0 Å². The van der Waals surface area contributed by atoms with Crippen LogP contribution in [0.25, 0.3) is 99.5 Å². The normalized spacial score (nSPS) is 13.6. The lowest BCUT2D eigenvalue weighted by atomic mass is 9.68. The van der Waals surface area contributed by atoms with Gasteiger partial charge in [0, 0.05) is 82.5 Å². The minimum Gasteiger partial charge on any atom is -0.309 e. The highest BCUT2D eigenvalue weighted by Crippen LogP contribution is 2.64. The molecule has 0 atom stereocenters. The summed E-state index contributed by atoms with van der Waals surface area (Å²) in [6.45, 7) is 18.6. The second-order valence-electron chi connectivity index (χ2n) is 22.5. The molecule has 6 nitrogen and oxygen atoms in total. The lowest BCUT2D eigenvalue weighted by Gasteiger charge is -2.33. The fourth-order valence-corrected chi connectivity index (χ4v) is 12.7. The fourth-order valence-electron chi connectivity index (χ4n) is 12.7. The van der Waals surface area contributed by atoms with Crippen molar-refractivity contribution in [1.82, 2.24) is 29.1 Å². The van der Waals surface area contributed by atoms with E-state index in [2.05, 4.69) is 218 Å². The minimum atomic E-state index is -0.582. The van der Waals surface area contributed by atoms with E-state index < -0.39 is 5.41 Å². The van der Waals surface area contributed by atoms with Crippen molar-refractivity contribution in [3.63, 3.8) is 0 Å². The monoisotopic (exact) mass is 942 g/mol. The summed E-state index contributed by atoms with van der Waals surface area (Å²) in [5.41, 5.74) is 26.6. The number of aromatic nitrogens is 6. The molecule has 0 saturated heterocycles. The molecule has 2 aliphatic rings. The zero-order valence-electron chi connectivity index (χ0n) is 42.5. The number of hydrogen-bond donors (Lipinski definition) is 0. The van der Waals surface area contributed by atoms with Crippen LogP contribution in [0, 0.1) is 13.8 Å². The van der Waals surface area contributed by atoms with Gasteiger partial charge in [0.1, 0.15) is 0 Å². The zero-order valence-corrected chi connectivity index (χ0v) is 42.5. The maximum Gasteiger partial charge on any atom is 0.0726 e. The first-order chi connectivity index (χ1) is 35.3. The Morgan fingerprint density at radius 1 is 0.342 bits per heavy atom. The Bertz CT molecular complexity index is 3940. The minimum absolute atomic E-state index is 0.0555. The lowest BCUT2D eigenvalue weighted by Crippen LogP contribution is -2.27. The molecule has 352 valence electrons. The van der Waals surface area contributed by atoms with Gasteiger partial charge >= 0.3 is 0 Å². The van der Waals surface area contributed by atoms with E-state index in [0.29, 0.717) is 0 Å². The third-order valence-corrected chi connectivity index (χ3v) is 16.3. The van der Waals surface area contributed by atoms with Gasteiger partial charge in [0.2, 0.25) is 0 Å². The van der Waals surface area contributed by atoms with Gasteiger partial charge in [-0.1, -0.05) is 114 Å². The quantitative estimate of drug-likeness (QED) is 0.176. The van der Waals surface area contributed by atoms with Crippen molar-refractivity contribution in [3.8, 4) is 55.9 Å². The molecule has 73 heavy (non-hydrogen) atoms. The van der Waals surface area contributed by atoms with Crippen molar-refractivity contribution in [1.29, 1.82) is 0 Å². The Morgan fingerprint density at radius 3 is 0.986 bits per heavy atom. The molecule has 0 fully saturated rings. The summed E-state index contributed by atoms with van der Waals surface area (Å²) < 4.78 is 4.69. The SMILES string of the molecule is Cc1cc(-n2c3ccncc3c3cnccc32)ccc1-c1ccc2c(c1)C1(c3cc(-c4ccc(-n5c6ccncc6c6cnccc65)cc4C)ccc3-2)c2cc(C(C)(C)C)ccc2-c2ccc(C(C)(C)C)cc21. The number of rotatable bonds is 4. The van der Waals surface area contributed by atoms with Crippen molar-refractivity contribution >= 4 is 43.6 Å². The second-order valence-corrected chi connectivity index (χ2v) is 22.5. The van der Waals surface area contributed by atoms with Gasteiger partial charge in [0.25, 0.3) is 0 Å². The summed E-state index contributed by atoms with van der Waals surface area (Å²) in [6, 6.07) is 51.6. The van der Waals surface area contributed by atoms with Gasteiger partial charge in [0.05, 0.1) is 27.5 Å². The maximum absolute atomic E-state index is 4.48. The van der Waals surface area contributed by atoms with Crippen molar-refractivity contribution in [2.45, 2.75) is 71.6 Å². The number of pyridine rings is 4. The van der Waals surface area contributed by atoms with E-state index in [9.17, 15) is 0 Å². The van der Waals surface area contributed by atoms with Crippen LogP contribution in [0.15, 0.2) is 183 Å². The molecule has 6 aromatic heterocycles. The van der Waals surface area contributed by atoms with E-state index in [4.69, 9.17) is 0 Å². The lowest BCUT2D eigenvalue weighted by molar-refractivity contribution is 0.586. The highest BCUT2D eigenvalue weighted by Gasteiger charge is 2.52. The van der Waals surface area contributed by atoms with Crippen molar-refractivity contribution < 1.29 is 0 Å². The summed E-state index contributed by atoms with van der Waals surface area (Å²) in [4.78, 5) is 17.9. The first kappa shape index (κ1) is 43.3. The second kappa shape index (κ2) is 15.3. The summed E-state index contributed by atoms with van der Waals surface area (Å²) in [7, 11) is 0. The summed E-state index contributed by atoms with van der Waals surface area (Å²) in [5, 5.41) is 4.40. The number of aryl methyl sites for hydroxylation is 2. The van der Waals surface area contributed by atoms with E-state index >= 15 is 0 Å². The van der Waals surface area contributed by atoms with Crippen molar-refractivity contribution in [2.75, 3.05) is 0 Å². The van der Waals surface area contributed by atoms with Crippen LogP contribution in [0.3, 0.4) is 0 Å². The van der Waals surface area contributed by atoms with Crippen molar-refractivity contribution in [2.24, 2.45) is 0 Å². The van der Waals surface area contributed by atoms with Crippen LogP contribution in [0.2, 0.25) is 0 Å². The average molecular weight is 943 g/mol. The largest absolute Gasteiger partial charge is 0.309 e. The van der Waals surface area contributed by atoms with Gasteiger partial charge in [-0.05, 0) is 174 Å². The molecule has 6 heterocycles. The number of nitrogens with zero attached hydrogens (tertiary/aromatic N) is 6. The molecule has 6 heteroatoms. The van der Waals surface area contributed by atoms with E-state index in [1.807, 2.05) is 49.6 Å². The molecule has 0 bridgehead atoms. The molecule has 0 aliphatic heterocycles. The molecular weight excluding hydrogens is 889 g/mol. The molecule has 1 spiro atoms. The van der Waals surface area contributed by atoms with Gasteiger partial charge in [-0.15, -0.1) is 0 Å². The van der Waals surface area contributed by atoms with Crippen LogP contribution in [0.4, 0.5) is 0 Å². The standard InChI is InChI=1S/C67H54N6/c1-39-29-45(72-61-21-25-68-35-53(61)54-36-69-26-22-62(54)72)13-19-47(39)41-9-15-49-50-16-10-42(48-20-14-46(30-40(48)2)73-63-23-27-70-37-55(63)56-38-71-28-24-64(56)73)32-58(50)67(57(49)31-41)59-33-43(65(3,4)5)11-17-51(59)52-18-12-44(34-60(52)67)66(6,7)8/h9-38H,1-8H3. The Balaban J connectivity index is 0.984. The number of benzene rings is 6. The molecule has 2 aliphatic carbocycles. The third-order valence-electron chi connectivity index (χ3n) is 16.3. The van der Waals surface area contributed by atoms with Gasteiger partial charge in [-0.3, -0.25) is 19.9 Å². The molecule has 14 rings (SSSR count). The molecule has 0 saturated carbocycles. The topological polar surface area (TPSA) is 61.4 Å². The number of hydrogen-bond acceptors (Lipinski definition) is 4. The van der Waals surface area contributed by atoms with Gasteiger partial charge < -0.3 is 9.13 Å². The molecule has 0 N–H and O–H groups in total. The van der Waals surface area contributed by atoms with Gasteiger partial charge in [-0.25, -0.2) is 0 Å². The summed E-state index contributed by atoms with van der Waals surface area (Å²) in [5.74, 6) is 0. The first-order valence-electron chi connectivity index (χ1n) is 25.5. The van der Waals surface area contributed by atoms with E-state index in [1.54, 1.807) is 0 Å². The third kappa shape index (κ3) is 6.16. The van der Waals surface area contributed by atoms with Gasteiger partial charge in [0.15, 0.2) is 0 Å².